The minimum atomic E-state index is -3.85. The summed E-state index contributed by atoms with van der Waals surface area (Å²) in [5.41, 5.74) is 0.506. The van der Waals surface area contributed by atoms with Crippen molar-refractivity contribution >= 4 is 27.5 Å². The Morgan fingerprint density at radius 1 is 1.13 bits per heavy atom. The van der Waals surface area contributed by atoms with Gasteiger partial charge in [-0.2, -0.15) is 4.31 Å². The van der Waals surface area contributed by atoms with E-state index in [2.05, 4.69) is 5.32 Å². The molecule has 1 aromatic carbocycles. The Balaban J connectivity index is 1.72. The third kappa shape index (κ3) is 5.28. The molecule has 1 aliphatic rings. The molecule has 1 aromatic heterocycles. The van der Waals surface area contributed by atoms with Crippen molar-refractivity contribution in [2.45, 2.75) is 50.1 Å². The molecule has 1 heterocycles. The summed E-state index contributed by atoms with van der Waals surface area (Å²) in [6, 6.07) is 9.55. The van der Waals surface area contributed by atoms with E-state index in [0.717, 1.165) is 30.0 Å². The largest absolute Gasteiger partial charge is 0.467 e. The van der Waals surface area contributed by atoms with Crippen LogP contribution in [0.5, 0.6) is 0 Å². The standard InChI is InChI=1S/C21H27N3O5S/c1-16(25)22-17-9-11-20(12-10-17)30(27,28)23(2)15-21(26)24(18-6-3-4-7-18)14-19-8-5-13-29-19/h5,8-13,18H,3-4,6-7,14-15H2,1-2H3,(H,22,25). The maximum atomic E-state index is 13.1. The third-order valence-corrected chi connectivity index (χ3v) is 7.05. The number of rotatable bonds is 8. The van der Waals surface area contributed by atoms with Crippen molar-refractivity contribution in [3.05, 3.63) is 48.4 Å². The van der Waals surface area contributed by atoms with Crippen molar-refractivity contribution in [1.29, 1.82) is 0 Å². The molecule has 0 saturated heterocycles. The number of likely N-dealkylation sites (N-methyl/N-ethyl adjacent to an activating group) is 1. The lowest BCUT2D eigenvalue weighted by Crippen LogP contribution is -2.44. The lowest BCUT2D eigenvalue weighted by Gasteiger charge is -2.30. The highest BCUT2D eigenvalue weighted by atomic mass is 32.2. The van der Waals surface area contributed by atoms with Crippen molar-refractivity contribution in [3.63, 3.8) is 0 Å². The number of carbonyl (C=O) groups is 2. The van der Waals surface area contributed by atoms with Crippen LogP contribution in [0.15, 0.2) is 52.0 Å². The summed E-state index contributed by atoms with van der Waals surface area (Å²) in [4.78, 5) is 26.0. The van der Waals surface area contributed by atoms with Crippen molar-refractivity contribution in [1.82, 2.24) is 9.21 Å². The zero-order valence-corrected chi connectivity index (χ0v) is 18.0. The molecule has 30 heavy (non-hydrogen) atoms. The second-order valence-corrected chi connectivity index (χ2v) is 9.55. The summed E-state index contributed by atoms with van der Waals surface area (Å²) in [6.07, 6.45) is 5.50. The Morgan fingerprint density at radius 2 is 1.80 bits per heavy atom. The summed E-state index contributed by atoms with van der Waals surface area (Å²) in [6.45, 7) is 1.45. The predicted octanol–water partition coefficient (Wildman–Crippen LogP) is 2.83. The van der Waals surface area contributed by atoms with Gasteiger partial charge in [0.15, 0.2) is 0 Å². The van der Waals surface area contributed by atoms with Crippen LogP contribution in [0.4, 0.5) is 5.69 Å². The van der Waals surface area contributed by atoms with E-state index < -0.39 is 10.0 Å². The van der Waals surface area contributed by atoms with Crippen molar-refractivity contribution in [2.75, 3.05) is 18.9 Å². The first kappa shape index (κ1) is 22.0. The number of carbonyl (C=O) groups excluding carboxylic acids is 2. The van der Waals surface area contributed by atoms with Gasteiger partial charge in [-0.15, -0.1) is 0 Å². The Hall–Kier alpha value is -2.65. The summed E-state index contributed by atoms with van der Waals surface area (Å²) in [5.74, 6) is 0.186. The van der Waals surface area contributed by atoms with Gasteiger partial charge in [0, 0.05) is 25.7 Å². The molecule has 0 atom stereocenters. The highest BCUT2D eigenvalue weighted by molar-refractivity contribution is 7.89. The number of sulfonamides is 1. The number of anilines is 1. The van der Waals surface area contributed by atoms with Gasteiger partial charge >= 0.3 is 0 Å². The van der Waals surface area contributed by atoms with Crippen molar-refractivity contribution in [2.24, 2.45) is 0 Å². The van der Waals surface area contributed by atoms with Crippen molar-refractivity contribution in [3.8, 4) is 0 Å². The van der Waals surface area contributed by atoms with Gasteiger partial charge in [0.2, 0.25) is 21.8 Å². The van der Waals surface area contributed by atoms with Crippen LogP contribution in [0.3, 0.4) is 0 Å². The van der Waals surface area contributed by atoms with Crippen LogP contribution >= 0.6 is 0 Å². The van der Waals surface area contributed by atoms with Gasteiger partial charge in [0.05, 0.1) is 24.2 Å². The van der Waals surface area contributed by atoms with Gasteiger partial charge in [-0.3, -0.25) is 9.59 Å². The van der Waals surface area contributed by atoms with Gasteiger partial charge in [0.1, 0.15) is 5.76 Å². The first-order chi connectivity index (χ1) is 14.3. The third-order valence-electron chi connectivity index (χ3n) is 5.23. The highest BCUT2D eigenvalue weighted by Gasteiger charge is 2.30. The molecule has 3 rings (SSSR count). The minimum Gasteiger partial charge on any atom is -0.467 e. The lowest BCUT2D eigenvalue weighted by molar-refractivity contribution is -0.134. The van der Waals surface area contributed by atoms with E-state index >= 15 is 0 Å². The van der Waals surface area contributed by atoms with Gasteiger partial charge < -0.3 is 14.6 Å². The molecule has 1 aliphatic carbocycles. The van der Waals surface area contributed by atoms with E-state index in [0.29, 0.717) is 18.0 Å². The van der Waals surface area contributed by atoms with E-state index in [1.165, 1.54) is 38.2 Å². The molecule has 9 heteroatoms. The number of nitrogens with zero attached hydrogens (tertiary/aromatic N) is 2. The second kappa shape index (κ2) is 9.44. The van der Waals surface area contributed by atoms with Crippen molar-refractivity contribution < 1.29 is 22.4 Å². The number of hydrogen-bond donors (Lipinski definition) is 1. The maximum absolute atomic E-state index is 13.1. The van der Waals surface area contributed by atoms with Gasteiger partial charge in [-0.1, -0.05) is 12.8 Å². The number of amides is 2. The fourth-order valence-electron chi connectivity index (χ4n) is 3.67. The van der Waals surface area contributed by atoms with Crippen LogP contribution in [-0.2, 0) is 26.2 Å². The number of benzene rings is 1. The molecular formula is C21H27N3O5S. The monoisotopic (exact) mass is 433 g/mol. The number of hydrogen-bond acceptors (Lipinski definition) is 5. The topological polar surface area (TPSA) is 99.9 Å². The number of furan rings is 1. The molecule has 8 nitrogen and oxygen atoms in total. The Bertz CT molecular complexity index is 965. The molecule has 0 radical (unpaired) electrons. The molecule has 1 N–H and O–H groups in total. The predicted molar refractivity (Wildman–Crippen MR) is 112 cm³/mol. The molecule has 0 aliphatic heterocycles. The summed E-state index contributed by atoms with van der Waals surface area (Å²) in [5, 5.41) is 2.59. The van der Waals surface area contributed by atoms with Crippen LogP contribution < -0.4 is 5.32 Å². The molecular weight excluding hydrogens is 406 g/mol. The van der Waals surface area contributed by atoms with E-state index in [1.807, 2.05) is 6.07 Å². The molecule has 1 fully saturated rings. The SMILES string of the molecule is CC(=O)Nc1ccc(S(=O)(=O)N(C)CC(=O)N(Cc2ccco2)C2CCCC2)cc1. The Morgan fingerprint density at radius 3 is 2.37 bits per heavy atom. The van der Waals surface area contributed by atoms with Crippen LogP contribution in [-0.4, -0.2) is 49.1 Å². The average molecular weight is 434 g/mol. The van der Waals surface area contributed by atoms with Crippen LogP contribution in [0.2, 0.25) is 0 Å². The molecule has 0 bridgehead atoms. The maximum Gasteiger partial charge on any atom is 0.243 e. The quantitative estimate of drug-likeness (QED) is 0.690. The van der Waals surface area contributed by atoms with E-state index in [4.69, 9.17) is 4.42 Å². The van der Waals surface area contributed by atoms with Crippen LogP contribution in [0.25, 0.3) is 0 Å². The highest BCUT2D eigenvalue weighted by Crippen LogP contribution is 2.26. The summed E-state index contributed by atoms with van der Waals surface area (Å²) < 4.78 is 32.3. The normalized spacial score (nSPS) is 14.8. The second-order valence-electron chi connectivity index (χ2n) is 7.51. The average Bonchev–Trinajstić information content (AvgIpc) is 3.40. The van der Waals surface area contributed by atoms with Gasteiger partial charge in [0.25, 0.3) is 0 Å². The van der Waals surface area contributed by atoms with E-state index in [-0.39, 0.29) is 29.3 Å². The van der Waals surface area contributed by atoms with Crippen LogP contribution in [0.1, 0.15) is 38.4 Å². The number of nitrogens with one attached hydrogen (secondary N) is 1. The first-order valence-corrected chi connectivity index (χ1v) is 11.4. The molecule has 0 spiro atoms. The van der Waals surface area contributed by atoms with Gasteiger partial charge in [-0.05, 0) is 49.2 Å². The van der Waals surface area contributed by atoms with E-state index in [9.17, 15) is 18.0 Å². The summed E-state index contributed by atoms with van der Waals surface area (Å²) >= 11 is 0. The van der Waals surface area contributed by atoms with E-state index in [1.54, 1.807) is 17.2 Å². The molecule has 2 aromatic rings. The zero-order valence-electron chi connectivity index (χ0n) is 17.2. The molecule has 162 valence electrons. The summed E-state index contributed by atoms with van der Waals surface area (Å²) in [7, 11) is -2.45. The Labute approximate surface area is 176 Å². The lowest BCUT2D eigenvalue weighted by atomic mass is 10.2. The fraction of sp³-hybridized carbons (Fsp3) is 0.429. The van der Waals surface area contributed by atoms with Gasteiger partial charge in [-0.25, -0.2) is 8.42 Å². The van der Waals surface area contributed by atoms with Crippen LogP contribution in [0, 0.1) is 0 Å². The molecule has 1 saturated carbocycles. The fourth-order valence-corrected chi connectivity index (χ4v) is 4.79. The smallest absolute Gasteiger partial charge is 0.243 e. The molecule has 0 unspecified atom stereocenters. The minimum absolute atomic E-state index is 0.0605. The zero-order chi connectivity index (χ0) is 21.7. The Kier molecular flexibility index (Phi) is 6.94. The first-order valence-electron chi connectivity index (χ1n) is 9.93. The molecule has 2 amide bonds.